The molecule has 1 aliphatic heterocycles. The molecule has 0 radical (unpaired) electrons. The van der Waals surface area contributed by atoms with Gasteiger partial charge in [-0.3, -0.25) is 9.48 Å². The fraction of sp³-hybridized carbons (Fsp3) is 0.474. The van der Waals surface area contributed by atoms with Crippen LogP contribution in [0.15, 0.2) is 30.3 Å². The summed E-state index contributed by atoms with van der Waals surface area (Å²) in [6, 6.07) is 10.2. The van der Waals surface area contributed by atoms with Crippen LogP contribution in [0, 0.1) is 19.8 Å². The summed E-state index contributed by atoms with van der Waals surface area (Å²) in [7, 11) is 0. The lowest BCUT2D eigenvalue weighted by Crippen LogP contribution is -2.53. The van der Waals surface area contributed by atoms with E-state index in [1.54, 1.807) is 0 Å². The van der Waals surface area contributed by atoms with Gasteiger partial charge in [0.1, 0.15) is 0 Å². The summed E-state index contributed by atoms with van der Waals surface area (Å²) in [5.74, 6) is 0.530. The maximum Gasteiger partial charge on any atom is 0.251 e. The number of carbonyl (C=O) groups is 1. The van der Waals surface area contributed by atoms with Crippen LogP contribution in [0.2, 0.25) is 0 Å². The molecule has 5 nitrogen and oxygen atoms in total. The fourth-order valence-electron chi connectivity index (χ4n) is 3.78. The summed E-state index contributed by atoms with van der Waals surface area (Å²) >= 11 is 0. The minimum Gasteiger partial charge on any atom is -0.378 e. The van der Waals surface area contributed by atoms with Crippen molar-refractivity contribution in [3.63, 3.8) is 0 Å². The van der Waals surface area contributed by atoms with Gasteiger partial charge in [0, 0.05) is 29.8 Å². The number of hydrogen-bond donors (Lipinski definition) is 1. The van der Waals surface area contributed by atoms with Crippen LogP contribution in [-0.2, 0) is 11.3 Å². The molecule has 5 heteroatoms. The van der Waals surface area contributed by atoms with Gasteiger partial charge in [-0.2, -0.15) is 5.10 Å². The monoisotopic (exact) mass is 325 g/mol. The Kier molecular flexibility index (Phi) is 3.88. The molecule has 24 heavy (non-hydrogen) atoms. The van der Waals surface area contributed by atoms with Gasteiger partial charge in [0.25, 0.3) is 5.91 Å². The molecule has 2 aliphatic rings. The second-order valence-corrected chi connectivity index (χ2v) is 6.96. The van der Waals surface area contributed by atoms with Gasteiger partial charge in [0.2, 0.25) is 0 Å². The second-order valence-electron chi connectivity index (χ2n) is 6.96. The Labute approximate surface area is 142 Å². The van der Waals surface area contributed by atoms with E-state index in [1.165, 1.54) is 0 Å². The van der Waals surface area contributed by atoms with Crippen LogP contribution in [0.25, 0.3) is 0 Å². The number of amides is 1. The van der Waals surface area contributed by atoms with Gasteiger partial charge in [-0.25, -0.2) is 0 Å². The van der Waals surface area contributed by atoms with E-state index in [9.17, 15) is 4.79 Å². The van der Waals surface area contributed by atoms with Crippen LogP contribution >= 0.6 is 0 Å². The quantitative estimate of drug-likeness (QED) is 0.939. The van der Waals surface area contributed by atoms with E-state index in [0.717, 1.165) is 48.5 Å². The third kappa shape index (κ3) is 2.84. The third-order valence-electron chi connectivity index (χ3n) is 5.23. The largest absolute Gasteiger partial charge is 0.378 e. The van der Waals surface area contributed by atoms with Crippen LogP contribution in [0.5, 0.6) is 0 Å². The second kappa shape index (κ2) is 6.06. The minimum absolute atomic E-state index is 0.0167. The van der Waals surface area contributed by atoms with Crippen LogP contribution in [-0.4, -0.2) is 34.4 Å². The van der Waals surface area contributed by atoms with Crippen molar-refractivity contribution in [2.75, 3.05) is 6.61 Å². The first-order valence-corrected chi connectivity index (χ1v) is 8.62. The molecule has 1 saturated carbocycles. The maximum atomic E-state index is 12.4. The molecule has 126 valence electrons. The van der Waals surface area contributed by atoms with E-state index in [0.29, 0.717) is 12.0 Å². The van der Waals surface area contributed by atoms with Gasteiger partial charge in [0.05, 0.1) is 18.3 Å². The molecular formula is C19H23N3O2. The van der Waals surface area contributed by atoms with Crippen LogP contribution < -0.4 is 5.32 Å². The van der Waals surface area contributed by atoms with Crippen molar-refractivity contribution in [1.82, 2.24) is 15.1 Å². The van der Waals surface area contributed by atoms with E-state index in [-0.39, 0.29) is 11.9 Å². The summed E-state index contributed by atoms with van der Waals surface area (Å²) < 4.78 is 7.58. The summed E-state index contributed by atoms with van der Waals surface area (Å²) in [5.41, 5.74) is 4.03. The lowest BCUT2D eigenvalue weighted by Gasteiger charge is -2.39. The molecule has 3 atom stereocenters. The topological polar surface area (TPSA) is 56.2 Å². The molecule has 1 aliphatic carbocycles. The molecule has 1 N–H and O–H groups in total. The Balaban J connectivity index is 1.38. The van der Waals surface area contributed by atoms with Gasteiger partial charge in [-0.05, 0) is 50.5 Å². The molecule has 1 saturated heterocycles. The molecule has 2 heterocycles. The average molecular weight is 325 g/mol. The predicted octanol–water partition coefficient (Wildman–Crippen LogP) is 2.46. The van der Waals surface area contributed by atoms with E-state index in [1.807, 2.05) is 35.9 Å². The van der Waals surface area contributed by atoms with Gasteiger partial charge < -0.3 is 10.1 Å². The molecule has 0 spiro atoms. The number of fused-ring (bicyclic) bond motifs is 1. The minimum atomic E-state index is 0.0167. The van der Waals surface area contributed by atoms with Crippen molar-refractivity contribution in [2.45, 2.75) is 45.4 Å². The van der Waals surface area contributed by atoms with Crippen molar-refractivity contribution < 1.29 is 9.53 Å². The number of ether oxygens (including phenoxy) is 1. The van der Waals surface area contributed by atoms with Crippen LogP contribution in [0.4, 0.5) is 0 Å². The first-order chi connectivity index (χ1) is 11.6. The number of carbonyl (C=O) groups excluding carboxylic acids is 1. The van der Waals surface area contributed by atoms with Crippen LogP contribution in [0.3, 0.4) is 0 Å². The van der Waals surface area contributed by atoms with Gasteiger partial charge in [-0.1, -0.05) is 12.1 Å². The lowest BCUT2D eigenvalue weighted by atomic mass is 9.76. The lowest BCUT2D eigenvalue weighted by molar-refractivity contribution is 0.00810. The number of aryl methyl sites for hydroxylation is 2. The number of nitrogens with zero attached hydrogens (tertiary/aromatic N) is 2. The highest BCUT2D eigenvalue weighted by atomic mass is 16.5. The van der Waals surface area contributed by atoms with Crippen molar-refractivity contribution in [2.24, 2.45) is 5.92 Å². The Morgan fingerprint density at radius 1 is 1.33 bits per heavy atom. The fourth-order valence-corrected chi connectivity index (χ4v) is 3.78. The highest BCUT2D eigenvalue weighted by molar-refractivity contribution is 5.94. The Morgan fingerprint density at radius 3 is 2.79 bits per heavy atom. The zero-order chi connectivity index (χ0) is 16.7. The molecule has 1 aromatic carbocycles. The number of benzene rings is 1. The number of aromatic nitrogens is 2. The molecule has 0 unspecified atom stereocenters. The molecule has 1 amide bonds. The van der Waals surface area contributed by atoms with Crippen molar-refractivity contribution in [1.29, 1.82) is 0 Å². The van der Waals surface area contributed by atoms with Crippen LogP contribution in [0.1, 0.15) is 40.2 Å². The highest BCUT2D eigenvalue weighted by Crippen LogP contribution is 2.38. The zero-order valence-electron chi connectivity index (χ0n) is 14.2. The first kappa shape index (κ1) is 15.4. The highest BCUT2D eigenvalue weighted by Gasteiger charge is 2.45. The summed E-state index contributed by atoms with van der Waals surface area (Å²) in [6.45, 7) is 5.62. The van der Waals surface area contributed by atoms with E-state index in [2.05, 4.69) is 23.4 Å². The number of nitrogens with one attached hydrogen (secondary N) is 1. The summed E-state index contributed by atoms with van der Waals surface area (Å²) in [4.78, 5) is 12.4. The van der Waals surface area contributed by atoms with E-state index < -0.39 is 0 Å². The summed E-state index contributed by atoms with van der Waals surface area (Å²) in [5, 5.41) is 7.63. The standard InChI is InChI=1S/C19H23N3O2/c1-12-9-13(2)22(21-12)11-14-3-5-15(6-4-14)19(23)20-17-10-18-16(17)7-8-24-18/h3-6,9,16-18H,7-8,10-11H2,1-2H3,(H,20,23)/t16-,17+,18+/m0/s1. The molecule has 1 aromatic heterocycles. The Hall–Kier alpha value is -2.14. The maximum absolute atomic E-state index is 12.4. The van der Waals surface area contributed by atoms with Gasteiger partial charge >= 0.3 is 0 Å². The number of rotatable bonds is 4. The van der Waals surface area contributed by atoms with Gasteiger partial charge in [0.15, 0.2) is 0 Å². The normalized spacial score (nSPS) is 25.2. The van der Waals surface area contributed by atoms with E-state index in [4.69, 9.17) is 4.74 Å². The number of hydrogen-bond acceptors (Lipinski definition) is 3. The SMILES string of the molecule is Cc1cc(C)n(Cc2ccc(C(=O)N[C@@H]3C[C@H]4OCC[C@@H]34)cc2)n1. The summed E-state index contributed by atoms with van der Waals surface area (Å²) in [6.07, 6.45) is 2.39. The Morgan fingerprint density at radius 2 is 2.12 bits per heavy atom. The molecule has 4 rings (SSSR count). The first-order valence-electron chi connectivity index (χ1n) is 8.62. The van der Waals surface area contributed by atoms with Crippen molar-refractivity contribution in [3.05, 3.63) is 52.8 Å². The van der Waals surface area contributed by atoms with Crippen molar-refractivity contribution >= 4 is 5.91 Å². The zero-order valence-corrected chi connectivity index (χ0v) is 14.2. The van der Waals surface area contributed by atoms with Crippen molar-refractivity contribution in [3.8, 4) is 0 Å². The van der Waals surface area contributed by atoms with E-state index >= 15 is 0 Å². The smallest absolute Gasteiger partial charge is 0.251 e. The van der Waals surface area contributed by atoms with Gasteiger partial charge in [-0.15, -0.1) is 0 Å². The average Bonchev–Trinajstić information content (AvgIpc) is 3.07. The molecule has 0 bridgehead atoms. The Bertz CT molecular complexity index is 750. The third-order valence-corrected chi connectivity index (χ3v) is 5.23. The molecular weight excluding hydrogens is 302 g/mol. The predicted molar refractivity (Wildman–Crippen MR) is 91.0 cm³/mol. The molecule has 2 fully saturated rings. The molecule has 2 aromatic rings.